The molecule has 0 rings (SSSR count). The summed E-state index contributed by atoms with van der Waals surface area (Å²) in [6.45, 7) is 6.52. The minimum absolute atomic E-state index is 0.864. The van der Waals surface area contributed by atoms with Crippen LogP contribution in [-0.4, -0.2) is 0 Å². The van der Waals surface area contributed by atoms with Crippen LogP contribution in [0.4, 0.5) is 0 Å². The Morgan fingerprint density at radius 3 is 2.38 bits per heavy atom. The van der Waals surface area contributed by atoms with Crippen molar-refractivity contribution in [3.63, 3.8) is 0 Å². The van der Waals surface area contributed by atoms with Crippen LogP contribution in [0.5, 0.6) is 0 Å². The van der Waals surface area contributed by atoms with Crippen LogP contribution in [0.3, 0.4) is 0 Å². The predicted octanol–water partition coefficient (Wildman–Crippen LogP) is 2.91. The maximum Gasteiger partial charge on any atom is -0.0207 e. The Hall–Kier alpha value is 0. The maximum absolute atomic E-state index is 3.12. The number of hydrogen-bond acceptors (Lipinski definition) is 0. The van der Waals surface area contributed by atoms with E-state index in [1.165, 1.54) is 12.8 Å². The fraction of sp³-hybridized carbons (Fsp3) is 0.875. The Kier molecular flexibility index (Phi) is 5.14. The van der Waals surface area contributed by atoms with Gasteiger partial charge < -0.3 is 0 Å². The molecule has 0 aliphatic rings. The van der Waals surface area contributed by atoms with Gasteiger partial charge in [0, 0.05) is 0 Å². The van der Waals surface area contributed by atoms with E-state index in [9.17, 15) is 0 Å². The van der Waals surface area contributed by atoms with Gasteiger partial charge in [0.25, 0.3) is 0 Å². The molecule has 0 aliphatic carbocycles. The highest BCUT2D eigenvalue weighted by molar-refractivity contribution is 4.56. The molecular formula is C8H16. The topological polar surface area (TPSA) is 0 Å². The smallest absolute Gasteiger partial charge is 0.0207 e. The monoisotopic (exact) mass is 112 g/mol. The molecule has 8 heavy (non-hydrogen) atoms. The van der Waals surface area contributed by atoms with Crippen molar-refractivity contribution in [2.24, 2.45) is 5.92 Å². The van der Waals surface area contributed by atoms with Crippen LogP contribution >= 0.6 is 0 Å². The summed E-state index contributed by atoms with van der Waals surface area (Å²) in [5, 5.41) is 0. The molecule has 0 saturated carbocycles. The molecule has 0 aromatic carbocycles. The Morgan fingerprint density at radius 2 is 2.00 bits per heavy atom. The summed E-state index contributed by atoms with van der Waals surface area (Å²) in [5.74, 6) is 0.864. The molecule has 48 valence electrons. The molecule has 0 heterocycles. The molecule has 2 radical (unpaired) electrons. The lowest BCUT2D eigenvalue weighted by Gasteiger charge is -2.00. The number of hydrogen-bond donors (Lipinski definition) is 0. The van der Waals surface area contributed by atoms with Gasteiger partial charge in [0.15, 0.2) is 0 Å². The van der Waals surface area contributed by atoms with Crippen LogP contribution in [0.15, 0.2) is 0 Å². The average Bonchev–Trinajstić information content (AvgIpc) is 1.66. The first kappa shape index (κ1) is 8.00. The lowest BCUT2D eigenvalue weighted by Crippen LogP contribution is -1.85. The van der Waals surface area contributed by atoms with Crippen LogP contribution in [0, 0.1) is 12.3 Å². The van der Waals surface area contributed by atoms with Crippen LogP contribution in [-0.2, 0) is 0 Å². The summed E-state index contributed by atoms with van der Waals surface area (Å²) >= 11 is 0. The largest absolute Gasteiger partial charge is 0.0628 e. The van der Waals surface area contributed by atoms with E-state index in [4.69, 9.17) is 0 Å². The lowest BCUT2D eigenvalue weighted by molar-refractivity contribution is 0.553. The molecular weight excluding hydrogens is 96.1 g/mol. The van der Waals surface area contributed by atoms with E-state index in [1.54, 1.807) is 0 Å². The molecule has 0 N–H and O–H groups in total. The van der Waals surface area contributed by atoms with Crippen molar-refractivity contribution in [1.29, 1.82) is 0 Å². The summed E-state index contributed by atoms with van der Waals surface area (Å²) in [6, 6.07) is 0. The van der Waals surface area contributed by atoms with Gasteiger partial charge in [-0.2, -0.15) is 0 Å². The third-order valence-corrected chi connectivity index (χ3v) is 1.21. The van der Waals surface area contributed by atoms with E-state index < -0.39 is 0 Å². The van der Waals surface area contributed by atoms with Gasteiger partial charge in [0.05, 0.1) is 0 Å². The van der Waals surface area contributed by atoms with Gasteiger partial charge in [-0.05, 0) is 18.8 Å². The molecule has 0 nitrogen and oxygen atoms in total. The van der Waals surface area contributed by atoms with E-state index in [2.05, 4.69) is 20.3 Å². The van der Waals surface area contributed by atoms with Gasteiger partial charge >= 0.3 is 0 Å². The van der Waals surface area contributed by atoms with Crippen molar-refractivity contribution in [2.45, 2.75) is 40.0 Å². The second kappa shape index (κ2) is 5.14. The van der Waals surface area contributed by atoms with Gasteiger partial charge in [-0.15, -0.1) is 0 Å². The number of unbranched alkanes of at least 4 members (excludes halogenated alkanes) is 2. The molecule has 0 aliphatic heterocycles. The third kappa shape index (κ3) is 6.00. The predicted molar refractivity (Wildman–Crippen MR) is 37.6 cm³/mol. The van der Waals surface area contributed by atoms with Crippen LogP contribution < -0.4 is 0 Å². The van der Waals surface area contributed by atoms with Crippen LogP contribution in [0.1, 0.15) is 40.0 Å². The van der Waals surface area contributed by atoms with Crippen molar-refractivity contribution in [1.82, 2.24) is 0 Å². The summed E-state index contributed by atoms with van der Waals surface area (Å²) in [5.41, 5.74) is 0. The van der Waals surface area contributed by atoms with E-state index in [0.717, 1.165) is 12.3 Å². The Bertz CT molecular complexity index is 37.3. The molecule has 0 heteroatoms. The van der Waals surface area contributed by atoms with Gasteiger partial charge in [0.1, 0.15) is 0 Å². The standard InChI is InChI=1S/C8H16/c1-4-5-6-7-8(2)3/h8H,5-7H2,1-3H3. The van der Waals surface area contributed by atoms with E-state index >= 15 is 0 Å². The Balaban J connectivity index is 2.72. The molecule has 0 unspecified atom stereocenters. The van der Waals surface area contributed by atoms with Gasteiger partial charge in [-0.1, -0.05) is 33.6 Å². The highest BCUT2D eigenvalue weighted by atomic mass is 14.0. The van der Waals surface area contributed by atoms with E-state index in [-0.39, 0.29) is 0 Å². The summed E-state index contributed by atoms with van der Waals surface area (Å²) in [7, 11) is 0. The van der Waals surface area contributed by atoms with Crippen molar-refractivity contribution in [3.05, 3.63) is 6.42 Å². The molecule has 0 bridgehead atoms. The summed E-state index contributed by atoms with van der Waals surface area (Å²) in [6.07, 6.45) is 6.95. The molecule has 0 fully saturated rings. The minimum atomic E-state index is 0.864. The van der Waals surface area contributed by atoms with E-state index in [0.29, 0.717) is 0 Å². The first-order valence-corrected chi connectivity index (χ1v) is 3.42. The van der Waals surface area contributed by atoms with Gasteiger partial charge in [-0.25, -0.2) is 0 Å². The zero-order chi connectivity index (χ0) is 6.41. The second-order valence-electron chi connectivity index (χ2n) is 2.64. The molecule has 0 atom stereocenters. The minimum Gasteiger partial charge on any atom is -0.0628 e. The first-order chi connectivity index (χ1) is 3.77. The lowest BCUT2D eigenvalue weighted by atomic mass is 10.1. The zero-order valence-electron chi connectivity index (χ0n) is 6.20. The highest BCUT2D eigenvalue weighted by Gasteiger charge is 1.90. The van der Waals surface area contributed by atoms with Crippen molar-refractivity contribution >= 4 is 0 Å². The second-order valence-corrected chi connectivity index (χ2v) is 2.64. The van der Waals surface area contributed by atoms with Crippen LogP contribution in [0.25, 0.3) is 0 Å². The molecule has 0 aromatic rings. The van der Waals surface area contributed by atoms with Crippen molar-refractivity contribution in [2.75, 3.05) is 0 Å². The maximum atomic E-state index is 3.12. The molecule has 0 aromatic heterocycles. The fourth-order valence-electron chi connectivity index (χ4n) is 0.687. The summed E-state index contributed by atoms with van der Waals surface area (Å²) in [4.78, 5) is 0. The Labute approximate surface area is 53.3 Å². The van der Waals surface area contributed by atoms with Crippen LogP contribution in [0.2, 0.25) is 0 Å². The highest BCUT2D eigenvalue weighted by Crippen LogP contribution is 2.06. The van der Waals surface area contributed by atoms with Crippen molar-refractivity contribution in [3.8, 4) is 0 Å². The third-order valence-electron chi connectivity index (χ3n) is 1.21. The molecule has 0 saturated heterocycles. The quantitative estimate of drug-likeness (QED) is 0.490. The number of rotatable bonds is 4. The summed E-state index contributed by atoms with van der Waals surface area (Å²) < 4.78 is 0. The normalized spacial score (nSPS) is 10.5. The van der Waals surface area contributed by atoms with Gasteiger partial charge in [-0.3, -0.25) is 0 Å². The molecule has 0 amide bonds. The molecule has 0 spiro atoms. The fourth-order valence-corrected chi connectivity index (χ4v) is 0.687. The van der Waals surface area contributed by atoms with E-state index in [1.807, 2.05) is 6.92 Å². The first-order valence-electron chi connectivity index (χ1n) is 3.42. The van der Waals surface area contributed by atoms with Gasteiger partial charge in [0.2, 0.25) is 0 Å². The Morgan fingerprint density at radius 1 is 1.38 bits per heavy atom. The average molecular weight is 112 g/mol. The zero-order valence-corrected chi connectivity index (χ0v) is 6.20. The van der Waals surface area contributed by atoms with Crippen molar-refractivity contribution < 1.29 is 0 Å². The SMILES string of the molecule is C[C]CCCC(C)C.